The van der Waals surface area contributed by atoms with Crippen molar-refractivity contribution in [2.45, 2.75) is 30.7 Å². The van der Waals surface area contributed by atoms with Gasteiger partial charge in [0.1, 0.15) is 5.01 Å². The number of hydrogen-bond acceptors (Lipinski definition) is 6. The number of rotatable bonds is 6. The number of para-hydroxylation sites is 1. The molecule has 0 unspecified atom stereocenters. The number of benzene rings is 2. The topological polar surface area (TPSA) is 108 Å². The summed E-state index contributed by atoms with van der Waals surface area (Å²) in [5.74, 6) is -0.521. The molecule has 1 saturated heterocycles. The van der Waals surface area contributed by atoms with Gasteiger partial charge in [-0.05, 0) is 49.2 Å². The van der Waals surface area contributed by atoms with E-state index in [1.54, 1.807) is 16.2 Å². The van der Waals surface area contributed by atoms with E-state index in [0.29, 0.717) is 12.2 Å². The Balaban J connectivity index is 1.43. The van der Waals surface area contributed by atoms with Gasteiger partial charge in [0.05, 0.1) is 27.7 Å². The number of aromatic nitrogens is 1. The minimum Gasteiger partial charge on any atom is -0.332 e. The largest absolute Gasteiger partial charge is 0.332 e. The van der Waals surface area contributed by atoms with Crippen molar-refractivity contribution in [3.05, 3.63) is 53.5 Å². The number of hydrogen-bond donors (Lipinski definition) is 2. The lowest BCUT2D eigenvalue weighted by atomic mass is 10.2. The van der Waals surface area contributed by atoms with E-state index < -0.39 is 10.0 Å². The standard InChI is InChI=1S/C21H22N4O4S2/c1-14(26)23-15-8-10-16(11-9-15)31(28,29)22-13-20(27)25-12-4-6-18(25)21-24-17-5-2-3-7-19(17)30-21/h2-3,5,7-11,18,22H,4,6,12-13H2,1H3,(H,23,26)/t18-/m1/s1. The summed E-state index contributed by atoms with van der Waals surface area (Å²) < 4.78 is 28.6. The van der Waals surface area contributed by atoms with Crippen LogP contribution in [0.2, 0.25) is 0 Å². The highest BCUT2D eigenvalue weighted by Gasteiger charge is 2.32. The van der Waals surface area contributed by atoms with Gasteiger partial charge in [-0.3, -0.25) is 9.59 Å². The fraction of sp³-hybridized carbons (Fsp3) is 0.286. The Bertz CT molecular complexity index is 1190. The average molecular weight is 459 g/mol. The first-order chi connectivity index (χ1) is 14.8. The molecule has 0 saturated carbocycles. The molecule has 2 heterocycles. The molecule has 0 radical (unpaired) electrons. The van der Waals surface area contributed by atoms with Gasteiger partial charge in [-0.25, -0.2) is 18.1 Å². The van der Waals surface area contributed by atoms with Crippen LogP contribution in [0, 0.1) is 0 Å². The van der Waals surface area contributed by atoms with Crippen LogP contribution in [0.25, 0.3) is 10.2 Å². The first-order valence-electron chi connectivity index (χ1n) is 9.86. The molecule has 3 aromatic rings. The molecule has 2 aromatic carbocycles. The Morgan fingerprint density at radius 2 is 1.90 bits per heavy atom. The second kappa shape index (κ2) is 8.74. The van der Waals surface area contributed by atoms with Crippen LogP contribution in [0.3, 0.4) is 0 Å². The maximum Gasteiger partial charge on any atom is 0.241 e. The monoisotopic (exact) mass is 458 g/mol. The number of carbonyl (C=O) groups is 2. The third-order valence-corrected chi connectivity index (χ3v) is 7.62. The van der Waals surface area contributed by atoms with Crippen molar-refractivity contribution in [2.75, 3.05) is 18.4 Å². The van der Waals surface area contributed by atoms with Gasteiger partial charge in [-0.1, -0.05) is 12.1 Å². The molecule has 31 heavy (non-hydrogen) atoms. The number of nitrogens with one attached hydrogen (secondary N) is 2. The maximum atomic E-state index is 12.8. The zero-order chi connectivity index (χ0) is 22.0. The van der Waals surface area contributed by atoms with Crippen molar-refractivity contribution in [3.8, 4) is 0 Å². The summed E-state index contributed by atoms with van der Waals surface area (Å²) in [6.07, 6.45) is 1.66. The van der Waals surface area contributed by atoms with Crippen LogP contribution < -0.4 is 10.0 Å². The number of anilines is 1. The number of likely N-dealkylation sites (tertiary alicyclic amines) is 1. The van der Waals surface area contributed by atoms with E-state index in [0.717, 1.165) is 28.1 Å². The van der Waals surface area contributed by atoms with Crippen molar-refractivity contribution < 1.29 is 18.0 Å². The third kappa shape index (κ3) is 4.76. The van der Waals surface area contributed by atoms with Crippen molar-refractivity contribution in [3.63, 3.8) is 0 Å². The zero-order valence-electron chi connectivity index (χ0n) is 16.9. The number of thiazole rings is 1. The SMILES string of the molecule is CC(=O)Nc1ccc(S(=O)(=O)NCC(=O)N2CCC[C@@H]2c2nc3ccccc3s2)cc1. The summed E-state index contributed by atoms with van der Waals surface area (Å²) in [5.41, 5.74) is 1.41. The maximum absolute atomic E-state index is 12.8. The minimum absolute atomic E-state index is 0.0264. The van der Waals surface area contributed by atoms with E-state index in [1.165, 1.54) is 31.2 Å². The third-order valence-electron chi connectivity index (χ3n) is 5.07. The van der Waals surface area contributed by atoms with Crippen LogP contribution >= 0.6 is 11.3 Å². The van der Waals surface area contributed by atoms with Crippen molar-refractivity contribution in [1.29, 1.82) is 0 Å². The normalized spacial score (nSPS) is 16.5. The smallest absolute Gasteiger partial charge is 0.241 e. The van der Waals surface area contributed by atoms with Crippen LogP contribution in [0.1, 0.15) is 30.8 Å². The minimum atomic E-state index is -3.86. The van der Waals surface area contributed by atoms with E-state index in [1.807, 2.05) is 24.3 Å². The highest BCUT2D eigenvalue weighted by atomic mass is 32.2. The lowest BCUT2D eigenvalue weighted by Gasteiger charge is -2.23. The Morgan fingerprint density at radius 1 is 1.16 bits per heavy atom. The first-order valence-corrected chi connectivity index (χ1v) is 12.2. The molecule has 2 amide bonds. The van der Waals surface area contributed by atoms with Gasteiger partial charge in [0.15, 0.2) is 0 Å². The van der Waals surface area contributed by atoms with Gasteiger partial charge in [0, 0.05) is 19.2 Å². The average Bonchev–Trinajstić information content (AvgIpc) is 3.38. The van der Waals surface area contributed by atoms with Gasteiger partial charge in [-0.2, -0.15) is 0 Å². The van der Waals surface area contributed by atoms with E-state index in [2.05, 4.69) is 15.0 Å². The molecule has 10 heteroatoms. The molecule has 1 fully saturated rings. The van der Waals surface area contributed by atoms with Gasteiger partial charge >= 0.3 is 0 Å². The number of nitrogens with zero attached hydrogens (tertiary/aromatic N) is 2. The molecule has 0 aliphatic carbocycles. The second-order valence-corrected chi connectivity index (χ2v) is 10.1. The molecule has 0 spiro atoms. The lowest BCUT2D eigenvalue weighted by Crippen LogP contribution is -2.39. The van der Waals surface area contributed by atoms with Gasteiger partial charge in [0.25, 0.3) is 0 Å². The molecular formula is C21H22N4O4S2. The van der Waals surface area contributed by atoms with Crippen LogP contribution in [0.15, 0.2) is 53.4 Å². The highest BCUT2D eigenvalue weighted by molar-refractivity contribution is 7.89. The fourth-order valence-corrected chi connectivity index (χ4v) is 5.71. The van der Waals surface area contributed by atoms with Crippen LogP contribution in [-0.2, 0) is 19.6 Å². The van der Waals surface area contributed by atoms with E-state index in [9.17, 15) is 18.0 Å². The Hall–Kier alpha value is -2.82. The Labute approximate surface area is 184 Å². The summed E-state index contributed by atoms with van der Waals surface area (Å²) in [6.45, 7) is 1.63. The Morgan fingerprint density at radius 3 is 2.61 bits per heavy atom. The van der Waals surface area contributed by atoms with E-state index in [4.69, 9.17) is 0 Å². The van der Waals surface area contributed by atoms with Gasteiger partial charge < -0.3 is 10.2 Å². The van der Waals surface area contributed by atoms with Gasteiger partial charge in [-0.15, -0.1) is 11.3 Å². The first kappa shape index (κ1) is 21.4. The zero-order valence-corrected chi connectivity index (χ0v) is 18.5. The molecule has 1 aromatic heterocycles. The predicted molar refractivity (Wildman–Crippen MR) is 119 cm³/mol. The highest BCUT2D eigenvalue weighted by Crippen LogP contribution is 2.36. The van der Waals surface area contributed by atoms with Gasteiger partial charge in [0.2, 0.25) is 21.8 Å². The second-order valence-electron chi connectivity index (χ2n) is 7.30. The molecule has 162 valence electrons. The molecule has 2 N–H and O–H groups in total. The quantitative estimate of drug-likeness (QED) is 0.590. The molecule has 1 aliphatic rings. The van der Waals surface area contributed by atoms with Crippen LogP contribution in [0.4, 0.5) is 5.69 Å². The fourth-order valence-electron chi connectivity index (χ4n) is 3.62. The molecule has 4 rings (SSSR count). The van der Waals surface area contributed by atoms with Crippen LogP contribution in [0.5, 0.6) is 0 Å². The van der Waals surface area contributed by atoms with Crippen LogP contribution in [-0.4, -0.2) is 43.2 Å². The van der Waals surface area contributed by atoms with E-state index in [-0.39, 0.29) is 29.3 Å². The predicted octanol–water partition coefficient (Wildman–Crippen LogP) is 2.90. The summed E-state index contributed by atoms with van der Waals surface area (Å²) >= 11 is 1.57. The number of carbonyl (C=O) groups excluding carboxylic acids is 2. The Kier molecular flexibility index (Phi) is 6.03. The molecule has 1 aliphatic heterocycles. The van der Waals surface area contributed by atoms with Crippen molar-refractivity contribution in [2.24, 2.45) is 0 Å². The summed E-state index contributed by atoms with van der Waals surface area (Å²) in [7, 11) is -3.86. The number of amides is 2. The van der Waals surface area contributed by atoms with E-state index >= 15 is 0 Å². The summed E-state index contributed by atoms with van der Waals surface area (Å²) in [6, 6.07) is 13.5. The lowest BCUT2D eigenvalue weighted by molar-refractivity contribution is -0.130. The number of fused-ring (bicyclic) bond motifs is 1. The molecule has 8 nitrogen and oxygen atoms in total. The number of sulfonamides is 1. The summed E-state index contributed by atoms with van der Waals surface area (Å²) in [4.78, 5) is 30.3. The molecule has 0 bridgehead atoms. The summed E-state index contributed by atoms with van der Waals surface area (Å²) in [5, 5.41) is 3.46. The van der Waals surface area contributed by atoms with Crippen molar-refractivity contribution >= 4 is 49.1 Å². The van der Waals surface area contributed by atoms with Crippen molar-refractivity contribution in [1.82, 2.24) is 14.6 Å². The molecular weight excluding hydrogens is 436 g/mol. The molecule has 1 atom stereocenters.